The second kappa shape index (κ2) is 11.4. The van der Waals surface area contributed by atoms with E-state index in [9.17, 15) is 8.99 Å². The van der Waals surface area contributed by atoms with Crippen LogP contribution in [-0.4, -0.2) is 48.1 Å². The molecule has 0 saturated heterocycles. The summed E-state index contributed by atoms with van der Waals surface area (Å²) in [7, 11) is -9.78. The molecule has 14 heteroatoms. The van der Waals surface area contributed by atoms with Crippen molar-refractivity contribution in [3.8, 4) is 0 Å². The van der Waals surface area contributed by atoms with Gasteiger partial charge in [-0.3, -0.25) is 14.6 Å². The van der Waals surface area contributed by atoms with Gasteiger partial charge in [0, 0.05) is 0 Å². The third-order valence-corrected chi connectivity index (χ3v) is 1.04. The predicted molar refractivity (Wildman–Crippen MR) is 61.3 cm³/mol. The van der Waals surface area contributed by atoms with Crippen molar-refractivity contribution in [3.63, 3.8) is 0 Å². The summed E-state index contributed by atoms with van der Waals surface area (Å²) in [5.74, 6) is -0.955. The van der Waals surface area contributed by atoms with Crippen molar-refractivity contribution in [1.82, 2.24) is 0 Å². The van der Waals surface area contributed by atoms with Gasteiger partial charge in [-0.25, -0.2) is 9.13 Å². The summed E-state index contributed by atoms with van der Waals surface area (Å²) in [6.07, 6.45) is 1.14. The van der Waals surface area contributed by atoms with Crippen LogP contribution in [-0.2, 0) is 13.9 Å². The maximum Gasteiger partial charge on any atom is 0.507 e. The topological polar surface area (TPSA) is 225 Å². The summed E-state index contributed by atoms with van der Waals surface area (Å²) in [5.41, 5.74) is 10.3. The summed E-state index contributed by atoms with van der Waals surface area (Å²) >= 11 is 0. The Bertz CT molecular complexity index is 292. The van der Waals surface area contributed by atoms with E-state index in [0.29, 0.717) is 19.4 Å². The Morgan fingerprint density at radius 1 is 1.16 bits per heavy atom. The second-order valence-electron chi connectivity index (χ2n) is 2.86. The van der Waals surface area contributed by atoms with Gasteiger partial charge in [0.25, 0.3) is 0 Å². The van der Waals surface area contributed by atoms with Gasteiger partial charge >= 0.3 is 21.7 Å². The van der Waals surface area contributed by atoms with Gasteiger partial charge in [0.1, 0.15) is 6.04 Å². The first-order valence-electron chi connectivity index (χ1n) is 4.40. The highest BCUT2D eigenvalue weighted by molar-refractivity contribution is 7.45. The molecule has 1 atom stereocenters. The Balaban J connectivity index is -0.000000219. The molecule has 0 saturated carbocycles. The molecule has 0 rings (SSSR count). The standard InChI is InChI=1S/C5H12N2O2.FH2O3P.H3O4P/c6-3-1-2-4(7)5(8)9;2*1-5(2,3)4/h4H,1-3,6-7H2,(H,8,9);(H2,2,3,4);(H3,1,2,3,4)/t4-;;/m0../s1. The van der Waals surface area contributed by atoms with E-state index < -0.39 is 27.7 Å². The molecule has 10 N–H and O–H groups in total. The molecule has 0 aromatic rings. The molecule has 0 unspecified atom stereocenters. The smallest absolute Gasteiger partial charge is 0.480 e. The molecule has 0 amide bonds. The maximum absolute atomic E-state index is 10.4. The van der Waals surface area contributed by atoms with Crippen LogP contribution >= 0.6 is 15.7 Å². The normalized spacial score (nSPS) is 12.4. The lowest BCUT2D eigenvalue weighted by molar-refractivity contribution is -0.138. The van der Waals surface area contributed by atoms with Crippen molar-refractivity contribution in [3.05, 3.63) is 0 Å². The van der Waals surface area contributed by atoms with E-state index in [1.807, 2.05) is 0 Å². The van der Waals surface area contributed by atoms with Gasteiger partial charge in [0.15, 0.2) is 0 Å². The molecule has 0 spiro atoms. The molecule has 0 fully saturated rings. The lowest BCUT2D eigenvalue weighted by Gasteiger charge is -2.02. The molecule has 0 aliphatic carbocycles. The van der Waals surface area contributed by atoms with Crippen LogP contribution in [0.25, 0.3) is 0 Å². The SMILES string of the molecule is NCCC[C@H](N)C(=O)O.O=P(O)(O)F.O=P(O)(O)O. The minimum absolute atomic E-state index is 0.464. The van der Waals surface area contributed by atoms with E-state index >= 15 is 0 Å². The third-order valence-electron chi connectivity index (χ3n) is 1.04. The Labute approximate surface area is 107 Å². The first-order valence-corrected chi connectivity index (χ1v) is 7.47. The maximum atomic E-state index is 10.4. The van der Waals surface area contributed by atoms with Crippen LogP contribution in [0.2, 0.25) is 0 Å². The van der Waals surface area contributed by atoms with Crippen LogP contribution in [0.3, 0.4) is 0 Å². The van der Waals surface area contributed by atoms with Gasteiger partial charge in [-0.15, -0.1) is 4.20 Å². The van der Waals surface area contributed by atoms with E-state index in [2.05, 4.69) is 0 Å². The summed E-state index contributed by atoms with van der Waals surface area (Å²) in [6.45, 7) is 0.501. The quantitative estimate of drug-likeness (QED) is 0.270. The van der Waals surface area contributed by atoms with Crippen LogP contribution in [0.1, 0.15) is 12.8 Å². The molecule has 19 heavy (non-hydrogen) atoms. The highest BCUT2D eigenvalue weighted by Crippen LogP contribution is 2.35. The largest absolute Gasteiger partial charge is 0.507 e. The lowest BCUT2D eigenvalue weighted by atomic mass is 10.2. The zero-order valence-electron chi connectivity index (χ0n) is 9.53. The molecule has 0 aromatic heterocycles. The van der Waals surface area contributed by atoms with Crippen molar-refractivity contribution >= 4 is 21.7 Å². The highest BCUT2D eigenvalue weighted by Gasteiger charge is 2.08. The van der Waals surface area contributed by atoms with E-state index in [1.165, 1.54) is 0 Å². The van der Waals surface area contributed by atoms with Crippen LogP contribution in [0.15, 0.2) is 0 Å². The lowest BCUT2D eigenvalue weighted by Crippen LogP contribution is -2.30. The number of phosphoric acid groups is 1. The van der Waals surface area contributed by atoms with Crippen LogP contribution in [0.4, 0.5) is 4.20 Å². The minimum atomic E-state index is -5.14. The number of rotatable bonds is 4. The number of carboxylic acid groups (broad SMARTS) is 1. The van der Waals surface area contributed by atoms with Crippen molar-refractivity contribution in [2.75, 3.05) is 6.54 Å². The van der Waals surface area contributed by atoms with Gasteiger partial charge in [-0.1, -0.05) is 0 Å². The molecule has 0 radical (unpaired) electrons. The first kappa shape index (κ1) is 23.7. The molecular weight excluding hydrogens is 313 g/mol. The van der Waals surface area contributed by atoms with Crippen LogP contribution in [0.5, 0.6) is 0 Å². The van der Waals surface area contributed by atoms with Gasteiger partial charge in [-0.05, 0) is 19.4 Å². The fraction of sp³-hybridized carbons (Fsp3) is 0.800. The van der Waals surface area contributed by atoms with Gasteiger partial charge < -0.3 is 31.3 Å². The Kier molecular flexibility index (Phi) is 14.2. The van der Waals surface area contributed by atoms with Crippen molar-refractivity contribution in [1.29, 1.82) is 0 Å². The zero-order valence-corrected chi connectivity index (χ0v) is 11.3. The second-order valence-corrected chi connectivity index (χ2v) is 4.83. The summed E-state index contributed by atoms with van der Waals surface area (Å²) in [4.78, 5) is 45.5. The third kappa shape index (κ3) is 74.3. The number of hydrogen-bond donors (Lipinski definition) is 8. The van der Waals surface area contributed by atoms with Gasteiger partial charge in [0.05, 0.1) is 0 Å². The fourth-order valence-electron chi connectivity index (χ4n) is 0.461. The Hall–Kier alpha value is -0.420. The monoisotopic (exact) mass is 330 g/mol. The van der Waals surface area contributed by atoms with Crippen LogP contribution in [0, 0.1) is 0 Å². The van der Waals surface area contributed by atoms with E-state index in [0.717, 1.165) is 0 Å². The van der Waals surface area contributed by atoms with E-state index in [1.54, 1.807) is 0 Å². The molecule has 118 valence electrons. The molecule has 0 aromatic carbocycles. The summed E-state index contributed by atoms with van der Waals surface area (Å²) in [6, 6.07) is -0.742. The zero-order chi connectivity index (χ0) is 16.3. The summed E-state index contributed by atoms with van der Waals surface area (Å²) in [5, 5.41) is 8.24. The number of carboxylic acids is 1. The average Bonchev–Trinajstić information content (AvgIpc) is 2.08. The molecule has 0 aliphatic heterocycles. The van der Waals surface area contributed by atoms with Gasteiger partial charge in [-0.2, -0.15) is 0 Å². The number of hydrogen-bond acceptors (Lipinski definition) is 5. The van der Waals surface area contributed by atoms with E-state index in [-0.39, 0.29) is 0 Å². The molecule has 0 bridgehead atoms. The minimum Gasteiger partial charge on any atom is -0.480 e. The Morgan fingerprint density at radius 2 is 1.42 bits per heavy atom. The number of halogens is 1. The Morgan fingerprint density at radius 3 is 1.58 bits per heavy atom. The first-order chi connectivity index (χ1) is 8.18. The van der Waals surface area contributed by atoms with Crippen LogP contribution < -0.4 is 11.5 Å². The average molecular weight is 330 g/mol. The van der Waals surface area contributed by atoms with Gasteiger partial charge in [0.2, 0.25) is 0 Å². The molecule has 11 nitrogen and oxygen atoms in total. The summed E-state index contributed by atoms with van der Waals surface area (Å²) < 4.78 is 27.9. The number of nitrogens with two attached hydrogens (primary N) is 2. The van der Waals surface area contributed by atoms with Crippen molar-refractivity contribution in [2.45, 2.75) is 18.9 Å². The predicted octanol–water partition coefficient (Wildman–Crippen LogP) is -1.74. The number of carbonyl (C=O) groups is 1. The van der Waals surface area contributed by atoms with Crippen molar-refractivity contribution in [2.24, 2.45) is 11.5 Å². The molecule has 0 heterocycles. The van der Waals surface area contributed by atoms with E-state index in [4.69, 9.17) is 50.2 Å². The molecule has 0 aliphatic rings. The fourth-order valence-corrected chi connectivity index (χ4v) is 0.461. The highest BCUT2D eigenvalue weighted by atomic mass is 31.2. The molecular formula is C5H17FN2O9P2. The number of aliphatic carboxylic acids is 1. The van der Waals surface area contributed by atoms with Crippen molar-refractivity contribution < 1.29 is 47.7 Å².